The highest BCUT2D eigenvalue weighted by atomic mass is 15.0. The number of aromatic nitrogens is 3. The lowest BCUT2D eigenvalue weighted by atomic mass is 9.97. The van der Waals surface area contributed by atoms with E-state index in [9.17, 15) is 0 Å². The molecule has 3 nitrogen and oxygen atoms in total. The third-order valence-electron chi connectivity index (χ3n) is 7.05. The van der Waals surface area contributed by atoms with Crippen molar-refractivity contribution in [2.45, 2.75) is 46.5 Å². The molecule has 0 saturated carbocycles. The van der Waals surface area contributed by atoms with Gasteiger partial charge >= 0.3 is 0 Å². The fourth-order valence-corrected chi connectivity index (χ4v) is 5.30. The molecule has 3 heteroatoms. The SMILES string of the molecule is Cc1ccc2c3ccc(C(C)C)cc3n3c4cc(C(C)C)cc5nc[n+](C)c(c1c23)c54. The first kappa shape index (κ1) is 18.6. The third kappa shape index (κ3) is 2.35. The normalized spacial score (nSPS) is 12.8. The summed E-state index contributed by atoms with van der Waals surface area (Å²) in [6.45, 7) is 11.3. The molecule has 0 radical (unpaired) electrons. The maximum absolute atomic E-state index is 4.85. The van der Waals surface area contributed by atoms with E-state index >= 15 is 0 Å². The Morgan fingerprint density at radius 2 is 1.52 bits per heavy atom. The molecule has 31 heavy (non-hydrogen) atoms. The molecule has 3 heterocycles. The second-order valence-corrected chi connectivity index (χ2v) is 9.71. The van der Waals surface area contributed by atoms with E-state index in [2.05, 4.69) is 93.1 Å². The Kier molecular flexibility index (Phi) is 3.69. The number of fused-ring (bicyclic) bond motifs is 5. The quantitative estimate of drug-likeness (QED) is 0.177. The van der Waals surface area contributed by atoms with Crippen molar-refractivity contribution >= 4 is 49.1 Å². The van der Waals surface area contributed by atoms with Gasteiger partial charge in [0.2, 0.25) is 0 Å². The molecular weight excluding hydrogens is 378 g/mol. The molecular formula is C28H28N3+. The molecule has 0 spiro atoms. The topological polar surface area (TPSA) is 21.2 Å². The first-order valence-corrected chi connectivity index (χ1v) is 11.3. The second kappa shape index (κ2) is 6.16. The highest BCUT2D eigenvalue weighted by Crippen LogP contribution is 2.41. The van der Waals surface area contributed by atoms with Crippen molar-refractivity contribution in [3.63, 3.8) is 0 Å². The van der Waals surface area contributed by atoms with Crippen LogP contribution >= 0.6 is 0 Å². The van der Waals surface area contributed by atoms with Gasteiger partial charge in [0.15, 0.2) is 5.52 Å². The van der Waals surface area contributed by atoms with E-state index in [0.717, 1.165) is 5.52 Å². The molecule has 0 atom stereocenters. The van der Waals surface area contributed by atoms with Gasteiger partial charge in [-0.1, -0.05) is 52.0 Å². The second-order valence-electron chi connectivity index (χ2n) is 9.71. The van der Waals surface area contributed by atoms with Crippen LogP contribution in [0.15, 0.2) is 48.8 Å². The van der Waals surface area contributed by atoms with Crippen molar-refractivity contribution in [2.75, 3.05) is 0 Å². The van der Waals surface area contributed by atoms with E-state index in [1.54, 1.807) is 0 Å². The molecule has 6 aromatic rings. The molecule has 0 amide bonds. The minimum absolute atomic E-state index is 0.447. The lowest BCUT2D eigenvalue weighted by Crippen LogP contribution is -2.30. The van der Waals surface area contributed by atoms with Gasteiger partial charge in [0.1, 0.15) is 5.52 Å². The lowest BCUT2D eigenvalue weighted by Gasteiger charge is -2.15. The van der Waals surface area contributed by atoms with Crippen molar-refractivity contribution in [3.8, 4) is 0 Å². The van der Waals surface area contributed by atoms with Crippen molar-refractivity contribution in [1.82, 2.24) is 9.38 Å². The summed E-state index contributed by atoms with van der Waals surface area (Å²) in [6, 6.07) is 16.3. The molecule has 0 aliphatic carbocycles. The van der Waals surface area contributed by atoms with Crippen molar-refractivity contribution < 1.29 is 4.57 Å². The number of nitrogens with zero attached hydrogens (tertiary/aromatic N) is 3. The standard InChI is InChI=1S/C28H28N3/c1-15(2)18-8-10-20-21-9-7-17(5)25-27(21)31(23(20)12-18)24-13-19(16(3)4)11-22-26(24)28(25)30(6)14-29-22/h7-16H,1-6H3/q+1. The molecule has 0 N–H and O–H groups in total. The van der Waals surface area contributed by atoms with Crippen LogP contribution in [-0.2, 0) is 7.05 Å². The number of pyridine rings is 1. The molecule has 0 aliphatic heterocycles. The molecule has 6 rings (SSSR count). The molecule has 0 aliphatic rings. The highest BCUT2D eigenvalue weighted by molar-refractivity contribution is 6.25. The fraction of sp³-hybridized carbons (Fsp3) is 0.286. The highest BCUT2D eigenvalue weighted by Gasteiger charge is 2.24. The maximum Gasteiger partial charge on any atom is 0.287 e. The predicted octanol–water partition coefficient (Wildman–Crippen LogP) is 6.76. The Morgan fingerprint density at radius 3 is 2.26 bits per heavy atom. The summed E-state index contributed by atoms with van der Waals surface area (Å²) in [6.07, 6.45) is 1.97. The molecule has 0 unspecified atom stereocenters. The Hall–Kier alpha value is -3.20. The summed E-state index contributed by atoms with van der Waals surface area (Å²) in [5.41, 5.74) is 10.3. The van der Waals surface area contributed by atoms with Gasteiger partial charge < -0.3 is 4.40 Å². The first-order chi connectivity index (χ1) is 14.9. The van der Waals surface area contributed by atoms with Crippen LogP contribution in [0.1, 0.15) is 56.2 Å². The summed E-state index contributed by atoms with van der Waals surface area (Å²) >= 11 is 0. The van der Waals surface area contributed by atoms with E-state index in [0.29, 0.717) is 11.8 Å². The van der Waals surface area contributed by atoms with Crippen LogP contribution in [0.3, 0.4) is 0 Å². The van der Waals surface area contributed by atoms with Crippen LogP contribution in [0.2, 0.25) is 0 Å². The number of hydrogen-bond donors (Lipinski definition) is 0. The van der Waals surface area contributed by atoms with Gasteiger partial charge in [0, 0.05) is 16.2 Å². The Morgan fingerprint density at radius 1 is 0.806 bits per heavy atom. The summed E-state index contributed by atoms with van der Waals surface area (Å²) in [7, 11) is 2.12. The van der Waals surface area contributed by atoms with Crippen LogP contribution in [0.5, 0.6) is 0 Å². The number of benzene rings is 3. The van der Waals surface area contributed by atoms with E-state index in [4.69, 9.17) is 4.98 Å². The van der Waals surface area contributed by atoms with Crippen molar-refractivity contribution in [2.24, 2.45) is 7.05 Å². The van der Waals surface area contributed by atoms with Crippen LogP contribution in [0.4, 0.5) is 0 Å². The van der Waals surface area contributed by atoms with Gasteiger partial charge in [-0.3, -0.25) is 0 Å². The molecule has 0 saturated heterocycles. The Balaban J connectivity index is 2.03. The van der Waals surface area contributed by atoms with Crippen LogP contribution in [0.25, 0.3) is 49.1 Å². The Bertz CT molecular complexity index is 1650. The van der Waals surface area contributed by atoms with Crippen molar-refractivity contribution in [3.05, 3.63) is 65.5 Å². The zero-order chi connectivity index (χ0) is 21.6. The smallest absolute Gasteiger partial charge is 0.287 e. The number of hydrogen-bond acceptors (Lipinski definition) is 1. The summed E-state index contributed by atoms with van der Waals surface area (Å²) < 4.78 is 4.71. The van der Waals surface area contributed by atoms with Gasteiger partial charge in [-0.2, -0.15) is 0 Å². The van der Waals surface area contributed by atoms with E-state index in [-0.39, 0.29) is 0 Å². The maximum atomic E-state index is 4.85. The number of aryl methyl sites for hydroxylation is 2. The zero-order valence-electron chi connectivity index (χ0n) is 19.1. The zero-order valence-corrected chi connectivity index (χ0v) is 19.1. The average Bonchev–Trinajstić information content (AvgIpc) is 3.08. The fourth-order valence-electron chi connectivity index (χ4n) is 5.30. The molecule has 0 bridgehead atoms. The average molecular weight is 407 g/mol. The lowest BCUT2D eigenvalue weighted by molar-refractivity contribution is -0.646. The third-order valence-corrected chi connectivity index (χ3v) is 7.05. The first-order valence-electron chi connectivity index (χ1n) is 11.3. The largest absolute Gasteiger partial charge is 0.308 e. The summed E-state index contributed by atoms with van der Waals surface area (Å²) in [5.74, 6) is 0.941. The molecule has 154 valence electrons. The van der Waals surface area contributed by atoms with E-state index in [1.807, 2.05) is 6.33 Å². The minimum Gasteiger partial charge on any atom is -0.308 e. The Labute approximate surface area is 182 Å². The minimum atomic E-state index is 0.447. The summed E-state index contributed by atoms with van der Waals surface area (Å²) in [4.78, 5) is 4.85. The van der Waals surface area contributed by atoms with Crippen LogP contribution in [0, 0.1) is 6.92 Å². The molecule has 3 aromatic carbocycles. The molecule has 0 fully saturated rings. The summed E-state index contributed by atoms with van der Waals surface area (Å²) in [5, 5.41) is 5.24. The van der Waals surface area contributed by atoms with E-state index in [1.165, 1.54) is 60.3 Å². The van der Waals surface area contributed by atoms with Crippen LogP contribution in [-0.4, -0.2) is 9.38 Å². The number of rotatable bonds is 2. The van der Waals surface area contributed by atoms with Crippen molar-refractivity contribution in [1.29, 1.82) is 0 Å². The van der Waals surface area contributed by atoms with Crippen LogP contribution < -0.4 is 4.57 Å². The van der Waals surface area contributed by atoms with Gasteiger partial charge in [-0.05, 0) is 58.6 Å². The van der Waals surface area contributed by atoms with Gasteiger partial charge in [-0.15, -0.1) is 0 Å². The predicted molar refractivity (Wildman–Crippen MR) is 130 cm³/mol. The van der Waals surface area contributed by atoms with Gasteiger partial charge in [-0.25, -0.2) is 4.57 Å². The van der Waals surface area contributed by atoms with Gasteiger partial charge in [0.05, 0.1) is 29.0 Å². The van der Waals surface area contributed by atoms with Gasteiger partial charge in [0.25, 0.3) is 6.33 Å². The monoisotopic (exact) mass is 406 g/mol. The molecule has 3 aromatic heterocycles. The van der Waals surface area contributed by atoms with E-state index < -0.39 is 0 Å².